The maximum absolute atomic E-state index is 11.1. The van der Waals surface area contributed by atoms with Crippen LogP contribution in [0.5, 0.6) is 0 Å². The molecule has 0 bridgehead atoms. The molecule has 12 heavy (non-hydrogen) atoms. The molecule has 0 aliphatic heterocycles. The van der Waals surface area contributed by atoms with Gasteiger partial charge in [0.25, 0.3) is 0 Å². The van der Waals surface area contributed by atoms with Gasteiger partial charge in [-0.1, -0.05) is 0 Å². The highest BCUT2D eigenvalue weighted by Crippen LogP contribution is 1.98. The van der Waals surface area contributed by atoms with Gasteiger partial charge in [-0.05, 0) is 0 Å². The zero-order chi connectivity index (χ0) is 8.97. The van der Waals surface area contributed by atoms with E-state index >= 15 is 0 Å². The van der Waals surface area contributed by atoms with Crippen LogP contribution < -0.4 is 15.8 Å². The van der Waals surface area contributed by atoms with Gasteiger partial charge in [0, 0.05) is 6.07 Å². The van der Waals surface area contributed by atoms with Gasteiger partial charge in [0.1, 0.15) is 0 Å². The van der Waals surface area contributed by atoms with Crippen LogP contribution in [0.4, 0.5) is 11.8 Å². The molecule has 1 aromatic rings. The van der Waals surface area contributed by atoms with Crippen LogP contribution in [0.1, 0.15) is 0 Å². The maximum atomic E-state index is 11.1. The molecule has 6 nitrogen and oxygen atoms in total. The number of aliphatic hydroxyl groups excluding tert-OH is 1. The lowest BCUT2D eigenvalue weighted by molar-refractivity contribution is -0.577. The zero-order valence-electron chi connectivity index (χ0n) is 6.40. The summed E-state index contributed by atoms with van der Waals surface area (Å²) in [5.41, 5.74) is 5.23. The first-order valence-electron chi connectivity index (χ1n) is 3.44. The van der Waals surface area contributed by atoms with E-state index in [2.05, 4.69) is 10.3 Å². The molecule has 1 heterocycles. The summed E-state index contributed by atoms with van der Waals surface area (Å²) in [5, 5.41) is 22.2. The van der Waals surface area contributed by atoms with Gasteiger partial charge in [-0.15, -0.1) is 4.98 Å². The average Bonchev–Trinajstić information content (AvgIpc) is 2.08. The molecule has 0 amide bonds. The lowest BCUT2D eigenvalue weighted by Crippen LogP contribution is -2.35. The maximum Gasteiger partial charge on any atom is 0.343 e. The van der Waals surface area contributed by atoms with Crippen LogP contribution >= 0.6 is 0 Å². The Morgan fingerprint density at radius 1 is 1.75 bits per heavy atom. The molecule has 0 aliphatic rings. The summed E-state index contributed by atoms with van der Waals surface area (Å²) in [4.78, 5) is 3.57. The summed E-state index contributed by atoms with van der Waals surface area (Å²) >= 11 is 0. The standard InChI is InChI=1S/C6H10N4O2/c7-6-9-2-1-5(10(6)12)8-3-4-11/h1-2,8,11H,3-4H2,(H2,7,9). The van der Waals surface area contributed by atoms with Crippen molar-refractivity contribution in [1.29, 1.82) is 0 Å². The first-order chi connectivity index (χ1) is 5.75. The van der Waals surface area contributed by atoms with Crippen molar-refractivity contribution in [3.8, 4) is 0 Å². The fourth-order valence-electron chi connectivity index (χ4n) is 0.742. The highest BCUT2D eigenvalue weighted by molar-refractivity contribution is 5.29. The third-order valence-corrected chi connectivity index (χ3v) is 1.28. The number of nitrogens with zero attached hydrogens (tertiary/aromatic N) is 2. The molecule has 0 fully saturated rings. The molecule has 6 heteroatoms. The van der Waals surface area contributed by atoms with Crippen molar-refractivity contribution >= 4 is 11.8 Å². The van der Waals surface area contributed by atoms with Crippen LogP contribution in [0.3, 0.4) is 0 Å². The average molecular weight is 170 g/mol. The molecular weight excluding hydrogens is 160 g/mol. The quantitative estimate of drug-likeness (QED) is 0.387. The SMILES string of the molecule is Nc1nccc(NCCO)[n+]1[O-]. The van der Waals surface area contributed by atoms with E-state index in [-0.39, 0.29) is 18.4 Å². The van der Waals surface area contributed by atoms with Gasteiger partial charge in [0.2, 0.25) is 0 Å². The zero-order valence-corrected chi connectivity index (χ0v) is 6.40. The Bertz CT molecular complexity index is 266. The Hall–Kier alpha value is -1.56. The van der Waals surface area contributed by atoms with Gasteiger partial charge >= 0.3 is 5.95 Å². The molecule has 0 spiro atoms. The minimum absolute atomic E-state index is 0.0395. The topological polar surface area (TPSA) is 98.1 Å². The van der Waals surface area contributed by atoms with E-state index in [1.165, 1.54) is 12.3 Å². The van der Waals surface area contributed by atoms with Crippen molar-refractivity contribution in [2.45, 2.75) is 0 Å². The molecule has 1 rings (SSSR count). The molecule has 4 N–H and O–H groups in total. The van der Waals surface area contributed by atoms with Gasteiger partial charge in [0.05, 0.1) is 19.3 Å². The number of nitrogens with one attached hydrogen (secondary N) is 1. The lowest BCUT2D eigenvalue weighted by Gasteiger charge is -2.11. The van der Waals surface area contributed by atoms with Crippen LogP contribution in [-0.2, 0) is 0 Å². The van der Waals surface area contributed by atoms with Crippen molar-refractivity contribution in [3.05, 3.63) is 17.5 Å². The van der Waals surface area contributed by atoms with E-state index in [4.69, 9.17) is 10.8 Å². The number of nitrogen functional groups attached to an aromatic ring is 1. The largest absolute Gasteiger partial charge is 0.754 e. The van der Waals surface area contributed by atoms with Gasteiger partial charge in [-0.2, -0.15) is 0 Å². The Labute approximate surface area is 69.2 Å². The van der Waals surface area contributed by atoms with E-state index in [1.807, 2.05) is 0 Å². The van der Waals surface area contributed by atoms with E-state index in [9.17, 15) is 5.21 Å². The van der Waals surface area contributed by atoms with Gasteiger partial charge in [-0.25, -0.2) is 4.73 Å². The summed E-state index contributed by atoms with van der Waals surface area (Å²) in [6.45, 7) is 0.272. The molecule has 0 unspecified atom stereocenters. The molecule has 0 saturated carbocycles. The first kappa shape index (κ1) is 8.54. The highest BCUT2D eigenvalue weighted by Gasteiger charge is 2.02. The van der Waals surface area contributed by atoms with E-state index < -0.39 is 0 Å². The summed E-state index contributed by atoms with van der Waals surface area (Å²) in [7, 11) is 0. The summed E-state index contributed by atoms with van der Waals surface area (Å²) in [6, 6.07) is 1.49. The minimum atomic E-state index is -0.113. The van der Waals surface area contributed by atoms with Crippen LogP contribution in [0.2, 0.25) is 0 Å². The number of nitrogens with two attached hydrogens (primary N) is 1. The smallest absolute Gasteiger partial charge is 0.343 e. The van der Waals surface area contributed by atoms with Crippen molar-refractivity contribution in [2.75, 3.05) is 24.2 Å². The minimum Gasteiger partial charge on any atom is -0.754 e. The third-order valence-electron chi connectivity index (χ3n) is 1.28. The summed E-state index contributed by atoms with van der Waals surface area (Å²) < 4.78 is 0.468. The monoisotopic (exact) mass is 170 g/mol. The third kappa shape index (κ3) is 1.73. The number of aromatic nitrogens is 2. The molecular formula is C6H10N4O2. The second kappa shape index (κ2) is 3.72. The highest BCUT2D eigenvalue weighted by atomic mass is 16.5. The Morgan fingerprint density at radius 3 is 3.17 bits per heavy atom. The Morgan fingerprint density at radius 2 is 2.50 bits per heavy atom. The van der Waals surface area contributed by atoms with E-state index in [0.717, 1.165) is 0 Å². The first-order valence-corrected chi connectivity index (χ1v) is 3.44. The molecule has 0 aromatic carbocycles. The number of hydrogen-bond acceptors (Lipinski definition) is 5. The predicted octanol–water partition coefficient (Wildman–Crippen LogP) is -1.30. The fraction of sp³-hybridized carbons (Fsp3) is 0.333. The molecule has 66 valence electrons. The molecule has 0 saturated heterocycles. The Balaban J connectivity index is 2.78. The van der Waals surface area contributed by atoms with E-state index in [0.29, 0.717) is 11.3 Å². The van der Waals surface area contributed by atoms with Gasteiger partial charge < -0.3 is 21.4 Å². The fourth-order valence-corrected chi connectivity index (χ4v) is 0.742. The Kier molecular flexibility index (Phi) is 2.65. The van der Waals surface area contributed by atoms with Crippen LogP contribution in [0.25, 0.3) is 0 Å². The number of rotatable bonds is 3. The number of aliphatic hydroxyl groups is 1. The number of anilines is 2. The molecule has 0 radical (unpaired) electrons. The molecule has 0 atom stereocenters. The lowest BCUT2D eigenvalue weighted by atomic mass is 10.5. The van der Waals surface area contributed by atoms with Crippen LogP contribution in [0.15, 0.2) is 12.3 Å². The van der Waals surface area contributed by atoms with Crippen molar-refractivity contribution in [2.24, 2.45) is 0 Å². The number of hydrogen-bond donors (Lipinski definition) is 3. The van der Waals surface area contributed by atoms with Crippen molar-refractivity contribution in [1.82, 2.24) is 4.98 Å². The molecule has 1 aromatic heterocycles. The van der Waals surface area contributed by atoms with Crippen molar-refractivity contribution < 1.29 is 9.84 Å². The van der Waals surface area contributed by atoms with Gasteiger partial charge in [0.15, 0.2) is 5.82 Å². The summed E-state index contributed by atoms with van der Waals surface area (Å²) in [6.07, 6.45) is 1.42. The van der Waals surface area contributed by atoms with Gasteiger partial charge in [-0.3, -0.25) is 0 Å². The summed E-state index contributed by atoms with van der Waals surface area (Å²) in [5.74, 6) is 0.175. The van der Waals surface area contributed by atoms with Crippen LogP contribution in [-0.4, -0.2) is 23.2 Å². The second-order valence-corrected chi connectivity index (χ2v) is 2.13. The normalized spacial score (nSPS) is 9.75. The second-order valence-electron chi connectivity index (χ2n) is 2.13. The molecule has 0 aliphatic carbocycles. The van der Waals surface area contributed by atoms with Crippen molar-refractivity contribution in [3.63, 3.8) is 0 Å². The predicted molar refractivity (Wildman–Crippen MR) is 43.2 cm³/mol. The van der Waals surface area contributed by atoms with E-state index in [1.54, 1.807) is 0 Å². The van der Waals surface area contributed by atoms with Crippen LogP contribution in [0, 0.1) is 5.21 Å².